The van der Waals surface area contributed by atoms with Gasteiger partial charge in [0.05, 0.1) is 5.69 Å². The number of barbiturate groups is 1. The van der Waals surface area contributed by atoms with Crippen molar-refractivity contribution in [3.63, 3.8) is 0 Å². The van der Waals surface area contributed by atoms with Gasteiger partial charge in [0.25, 0.3) is 11.8 Å². The highest BCUT2D eigenvalue weighted by Gasteiger charge is 2.34. The van der Waals surface area contributed by atoms with Gasteiger partial charge in [0, 0.05) is 5.56 Å². The molecule has 0 aliphatic carbocycles. The molecule has 2 aromatic heterocycles. The summed E-state index contributed by atoms with van der Waals surface area (Å²) in [6.45, 7) is 0. The Morgan fingerprint density at radius 3 is 2.28 bits per heavy atom. The van der Waals surface area contributed by atoms with Crippen molar-refractivity contribution in [3.8, 4) is 11.3 Å². The van der Waals surface area contributed by atoms with Crippen LogP contribution in [0.1, 0.15) is 11.5 Å². The molecule has 0 atom stereocenters. The monoisotopic (exact) mass is 460 g/mol. The van der Waals surface area contributed by atoms with Crippen LogP contribution in [0.2, 0.25) is 0 Å². The molecule has 0 spiro atoms. The second kappa shape index (κ2) is 8.30. The molecule has 12 heteroatoms. The summed E-state index contributed by atoms with van der Waals surface area (Å²) in [5.41, 5.74) is -0.902. The zero-order valence-electron chi connectivity index (χ0n) is 15.8. The molecule has 1 aliphatic heterocycles. The van der Waals surface area contributed by atoms with E-state index in [1.54, 1.807) is 30.3 Å². The number of carbonyl (C=O) groups is 3. The number of hydrogen-bond acceptors (Lipinski definition) is 7. The molecule has 32 heavy (non-hydrogen) atoms. The first kappa shape index (κ1) is 21.3. The number of aromatic nitrogens is 2. The van der Waals surface area contributed by atoms with Crippen molar-refractivity contribution in [2.75, 3.05) is 0 Å². The van der Waals surface area contributed by atoms with E-state index in [0.717, 1.165) is 23.9 Å². The molecule has 0 unspecified atom stereocenters. The molecule has 0 radical (unpaired) electrons. The van der Waals surface area contributed by atoms with Crippen molar-refractivity contribution >= 4 is 35.7 Å². The van der Waals surface area contributed by atoms with E-state index in [1.807, 2.05) is 10.6 Å². The molecule has 0 saturated carbocycles. The Labute approximate surface area is 181 Å². The number of alkyl halides is 3. The molecule has 0 bridgehead atoms. The lowest BCUT2D eigenvalue weighted by Gasteiger charge is -2.13. The highest BCUT2D eigenvalue weighted by molar-refractivity contribution is 7.99. The smallest absolute Gasteiger partial charge is 0.433 e. The molecule has 3 heterocycles. The molecule has 1 saturated heterocycles. The average Bonchev–Trinajstić information content (AvgIpc) is 3.17. The minimum atomic E-state index is -4.68. The van der Waals surface area contributed by atoms with E-state index in [4.69, 9.17) is 4.42 Å². The van der Waals surface area contributed by atoms with Gasteiger partial charge in [-0.25, -0.2) is 14.8 Å². The predicted molar refractivity (Wildman–Crippen MR) is 105 cm³/mol. The van der Waals surface area contributed by atoms with E-state index < -0.39 is 29.7 Å². The maximum atomic E-state index is 13.3. The van der Waals surface area contributed by atoms with Gasteiger partial charge < -0.3 is 4.42 Å². The van der Waals surface area contributed by atoms with Crippen molar-refractivity contribution < 1.29 is 32.0 Å². The van der Waals surface area contributed by atoms with Crippen LogP contribution in [0.4, 0.5) is 18.0 Å². The Hall–Kier alpha value is -3.93. The molecule has 1 aromatic carbocycles. The number of urea groups is 1. The van der Waals surface area contributed by atoms with Crippen molar-refractivity contribution in [2.45, 2.75) is 16.4 Å². The lowest BCUT2D eigenvalue weighted by Crippen LogP contribution is -2.51. The molecule has 4 amide bonds. The Balaban J connectivity index is 1.63. The summed E-state index contributed by atoms with van der Waals surface area (Å²) >= 11 is 0.738. The summed E-state index contributed by atoms with van der Waals surface area (Å²) in [6, 6.07) is 11.1. The van der Waals surface area contributed by atoms with Gasteiger partial charge in [0.1, 0.15) is 17.0 Å². The van der Waals surface area contributed by atoms with Crippen molar-refractivity contribution in [2.24, 2.45) is 0 Å². The molecular weight excluding hydrogens is 449 g/mol. The molecular formula is C20H11F3N4O4S. The van der Waals surface area contributed by atoms with E-state index in [0.29, 0.717) is 5.56 Å². The molecule has 1 fully saturated rings. The number of imide groups is 2. The Kier molecular flexibility index (Phi) is 5.53. The van der Waals surface area contributed by atoms with Gasteiger partial charge in [-0.1, -0.05) is 30.3 Å². The van der Waals surface area contributed by atoms with Crippen LogP contribution in [-0.2, 0) is 15.8 Å². The minimum absolute atomic E-state index is 0.0670. The SMILES string of the molecule is O=C1NC(=O)C(=Cc2ccc(Sc3nc(-c4ccccc4)cc(C(F)(F)F)n3)o2)C(=O)N1. The number of furan rings is 1. The Bertz CT molecular complexity index is 1230. The highest BCUT2D eigenvalue weighted by Crippen LogP contribution is 2.34. The third-order valence-electron chi connectivity index (χ3n) is 4.09. The van der Waals surface area contributed by atoms with Crippen LogP contribution < -0.4 is 10.6 Å². The topological polar surface area (TPSA) is 114 Å². The lowest BCUT2D eigenvalue weighted by atomic mass is 10.1. The Morgan fingerprint density at radius 2 is 1.62 bits per heavy atom. The third-order valence-corrected chi connectivity index (χ3v) is 4.88. The number of amides is 4. The van der Waals surface area contributed by atoms with Crippen LogP contribution in [0.25, 0.3) is 17.3 Å². The summed E-state index contributed by atoms with van der Waals surface area (Å²) in [7, 11) is 0. The first-order chi connectivity index (χ1) is 15.2. The summed E-state index contributed by atoms with van der Waals surface area (Å²) < 4.78 is 45.5. The van der Waals surface area contributed by atoms with Crippen LogP contribution in [0, 0.1) is 0 Å². The first-order valence-corrected chi connectivity index (χ1v) is 9.68. The fraction of sp³-hybridized carbons (Fsp3) is 0.0500. The van der Waals surface area contributed by atoms with Gasteiger partial charge in [-0.2, -0.15) is 13.2 Å². The van der Waals surface area contributed by atoms with Crippen LogP contribution >= 0.6 is 11.8 Å². The number of benzene rings is 1. The number of nitrogens with one attached hydrogen (secondary N) is 2. The molecule has 3 aromatic rings. The van der Waals surface area contributed by atoms with E-state index in [2.05, 4.69) is 9.97 Å². The predicted octanol–water partition coefficient (Wildman–Crippen LogP) is 3.66. The quantitative estimate of drug-likeness (QED) is 0.347. The van der Waals surface area contributed by atoms with Gasteiger partial charge >= 0.3 is 12.2 Å². The van der Waals surface area contributed by atoms with Gasteiger partial charge in [-0.15, -0.1) is 0 Å². The molecule has 4 rings (SSSR count). The van der Waals surface area contributed by atoms with Crippen LogP contribution in [0.5, 0.6) is 0 Å². The number of carbonyl (C=O) groups excluding carboxylic acids is 3. The molecule has 1 aliphatic rings. The van der Waals surface area contributed by atoms with E-state index in [1.165, 1.54) is 12.1 Å². The van der Waals surface area contributed by atoms with Crippen LogP contribution in [-0.4, -0.2) is 27.8 Å². The number of hydrogen-bond donors (Lipinski definition) is 2. The second-order valence-corrected chi connectivity index (χ2v) is 7.31. The lowest BCUT2D eigenvalue weighted by molar-refractivity contribution is -0.141. The van der Waals surface area contributed by atoms with Gasteiger partial charge in [0.15, 0.2) is 10.2 Å². The van der Waals surface area contributed by atoms with E-state index >= 15 is 0 Å². The maximum absolute atomic E-state index is 13.3. The summed E-state index contributed by atoms with van der Waals surface area (Å²) in [4.78, 5) is 42.4. The van der Waals surface area contributed by atoms with Crippen molar-refractivity contribution in [1.29, 1.82) is 0 Å². The van der Waals surface area contributed by atoms with Gasteiger partial charge in [-0.3, -0.25) is 20.2 Å². The van der Waals surface area contributed by atoms with Gasteiger partial charge in [-0.05, 0) is 36.0 Å². The maximum Gasteiger partial charge on any atom is 0.433 e. The average molecular weight is 460 g/mol. The molecule has 162 valence electrons. The normalized spacial score (nSPS) is 14.2. The standard InChI is InChI=1S/C20H11F3N4O4S/c21-20(22,23)14-9-13(10-4-2-1-3-5-10)24-19(25-14)32-15-7-6-11(31-15)8-12-16(28)26-18(30)27-17(12)29/h1-9H,(H2,26,27,28,29,30). The first-order valence-electron chi connectivity index (χ1n) is 8.87. The highest BCUT2D eigenvalue weighted by atomic mass is 32.2. The van der Waals surface area contributed by atoms with E-state index in [9.17, 15) is 27.6 Å². The van der Waals surface area contributed by atoms with Crippen LogP contribution in [0.15, 0.2) is 68.8 Å². The second-order valence-electron chi connectivity index (χ2n) is 6.34. The molecule has 8 nitrogen and oxygen atoms in total. The zero-order valence-corrected chi connectivity index (χ0v) is 16.6. The van der Waals surface area contributed by atoms with E-state index in [-0.39, 0.29) is 27.3 Å². The number of halogens is 3. The number of nitrogens with zero attached hydrogens (tertiary/aromatic N) is 2. The van der Waals surface area contributed by atoms with Crippen molar-refractivity contribution in [1.82, 2.24) is 20.6 Å². The van der Waals surface area contributed by atoms with Crippen molar-refractivity contribution in [3.05, 3.63) is 65.6 Å². The fourth-order valence-corrected chi connectivity index (χ4v) is 3.42. The van der Waals surface area contributed by atoms with Crippen LogP contribution in [0.3, 0.4) is 0 Å². The third kappa shape index (κ3) is 4.70. The Morgan fingerprint density at radius 1 is 0.938 bits per heavy atom. The summed E-state index contributed by atoms with van der Waals surface area (Å²) in [6.07, 6.45) is -3.58. The summed E-state index contributed by atoms with van der Waals surface area (Å²) in [5.74, 6) is -1.74. The fourth-order valence-electron chi connectivity index (χ4n) is 2.68. The van der Waals surface area contributed by atoms with Gasteiger partial charge in [0.2, 0.25) is 0 Å². The minimum Gasteiger partial charge on any atom is -0.450 e. The number of rotatable bonds is 4. The molecule has 2 N–H and O–H groups in total. The largest absolute Gasteiger partial charge is 0.450 e. The zero-order chi connectivity index (χ0) is 22.9. The summed E-state index contributed by atoms with van der Waals surface area (Å²) in [5, 5.41) is 3.76.